The summed E-state index contributed by atoms with van der Waals surface area (Å²) >= 11 is 6.17. The fourth-order valence-corrected chi connectivity index (χ4v) is 3.43. The molecule has 6 nitrogen and oxygen atoms in total. The number of alkyl halides is 2. The minimum Gasteiger partial charge on any atom is -0.485 e. The number of esters is 1. The topological polar surface area (TPSA) is 77.0 Å². The molecule has 1 heterocycles. The number of halogens is 4. The quantitative estimate of drug-likeness (QED) is 0.606. The molecule has 1 atom stereocenters. The molecule has 1 N–H and O–H groups in total. The van der Waals surface area contributed by atoms with E-state index >= 15 is 0 Å². The minimum absolute atomic E-state index is 0.0518. The van der Waals surface area contributed by atoms with Gasteiger partial charge in [-0.05, 0) is 25.1 Å². The first-order valence-electron chi connectivity index (χ1n) is 9.67. The first kappa shape index (κ1) is 23.6. The van der Waals surface area contributed by atoms with E-state index in [2.05, 4.69) is 15.3 Å². The largest absolute Gasteiger partial charge is 0.485 e. The average Bonchev–Trinajstić information content (AvgIpc) is 2.75. The standard InChI is InChI=1S/C22H20ClF3N2O4/c1-12-8-17(29)27-28-19(12)15-9-16(23)20(13(2)18(15)24)31-10-22(25,26)11-32-21(30)14-6-4-3-5-7-14/h3-7,9,12H,8,10-11H2,1-2H3,(H,27,29). The van der Waals surface area contributed by atoms with Crippen molar-refractivity contribution in [2.24, 2.45) is 11.0 Å². The Bertz CT molecular complexity index is 1060. The molecule has 1 aliphatic rings. The molecule has 1 unspecified atom stereocenters. The third-order valence-corrected chi connectivity index (χ3v) is 5.06. The van der Waals surface area contributed by atoms with Crippen LogP contribution in [0.25, 0.3) is 0 Å². The number of nitrogens with zero attached hydrogens (tertiary/aromatic N) is 1. The monoisotopic (exact) mass is 468 g/mol. The van der Waals surface area contributed by atoms with Crippen molar-refractivity contribution in [2.75, 3.05) is 13.2 Å². The highest BCUT2D eigenvalue weighted by Crippen LogP contribution is 2.35. The van der Waals surface area contributed by atoms with Crippen LogP contribution in [-0.2, 0) is 9.53 Å². The van der Waals surface area contributed by atoms with Crippen LogP contribution < -0.4 is 10.2 Å². The van der Waals surface area contributed by atoms with Crippen LogP contribution in [0.4, 0.5) is 13.2 Å². The molecular formula is C22H20ClF3N2O4. The number of benzene rings is 2. The van der Waals surface area contributed by atoms with Crippen LogP contribution in [0.2, 0.25) is 5.02 Å². The summed E-state index contributed by atoms with van der Waals surface area (Å²) in [5.41, 5.74) is 2.68. The number of hydrazone groups is 1. The van der Waals surface area contributed by atoms with E-state index in [0.29, 0.717) is 0 Å². The smallest absolute Gasteiger partial charge is 0.338 e. The number of hydrogen-bond acceptors (Lipinski definition) is 5. The van der Waals surface area contributed by atoms with Crippen LogP contribution in [0.3, 0.4) is 0 Å². The van der Waals surface area contributed by atoms with Crippen molar-refractivity contribution < 1.29 is 32.2 Å². The molecule has 0 bridgehead atoms. The molecule has 0 saturated heterocycles. The van der Waals surface area contributed by atoms with Crippen LogP contribution in [0.1, 0.15) is 34.8 Å². The summed E-state index contributed by atoms with van der Waals surface area (Å²) < 4.78 is 53.2. The lowest BCUT2D eigenvalue weighted by Crippen LogP contribution is -2.33. The molecule has 2 aromatic rings. The molecular weight excluding hydrogens is 449 g/mol. The molecule has 0 aliphatic carbocycles. The zero-order valence-corrected chi connectivity index (χ0v) is 18.0. The Labute approximate surface area is 187 Å². The van der Waals surface area contributed by atoms with E-state index in [0.717, 1.165) is 0 Å². The minimum atomic E-state index is -3.54. The van der Waals surface area contributed by atoms with Gasteiger partial charge in [0, 0.05) is 23.5 Å². The van der Waals surface area contributed by atoms with Crippen molar-refractivity contribution in [1.82, 2.24) is 5.43 Å². The fraction of sp³-hybridized carbons (Fsp3) is 0.318. The second-order valence-corrected chi connectivity index (χ2v) is 7.81. The third-order valence-electron chi connectivity index (χ3n) is 4.78. The number of hydrogen-bond donors (Lipinski definition) is 1. The summed E-state index contributed by atoms with van der Waals surface area (Å²) in [5, 5.41) is 3.80. The molecule has 1 aliphatic heterocycles. The van der Waals surface area contributed by atoms with Gasteiger partial charge < -0.3 is 9.47 Å². The molecule has 0 fully saturated rings. The maximum absolute atomic E-state index is 15.0. The van der Waals surface area contributed by atoms with Crippen molar-refractivity contribution in [3.63, 3.8) is 0 Å². The summed E-state index contributed by atoms with van der Waals surface area (Å²) in [7, 11) is 0. The molecule has 0 radical (unpaired) electrons. The summed E-state index contributed by atoms with van der Waals surface area (Å²) in [4.78, 5) is 23.3. The van der Waals surface area contributed by atoms with Crippen LogP contribution in [0, 0.1) is 18.7 Å². The highest BCUT2D eigenvalue weighted by molar-refractivity contribution is 6.32. The van der Waals surface area contributed by atoms with Gasteiger partial charge in [-0.2, -0.15) is 13.9 Å². The predicted octanol–water partition coefficient (Wildman–Crippen LogP) is 4.52. The van der Waals surface area contributed by atoms with Crippen LogP contribution >= 0.6 is 11.6 Å². The summed E-state index contributed by atoms with van der Waals surface area (Å²) in [5.74, 6) is -6.09. The summed E-state index contributed by atoms with van der Waals surface area (Å²) in [6.45, 7) is 0.649. The van der Waals surface area contributed by atoms with Gasteiger partial charge in [0.1, 0.15) is 11.6 Å². The van der Waals surface area contributed by atoms with Crippen molar-refractivity contribution in [1.29, 1.82) is 0 Å². The molecule has 170 valence electrons. The third kappa shape index (κ3) is 5.40. The number of amides is 1. The Morgan fingerprint density at radius 1 is 1.28 bits per heavy atom. The van der Waals surface area contributed by atoms with Crippen molar-refractivity contribution in [3.05, 3.63) is 63.9 Å². The number of rotatable bonds is 7. The molecule has 3 rings (SSSR count). The average molecular weight is 469 g/mol. The van der Waals surface area contributed by atoms with Crippen molar-refractivity contribution in [3.8, 4) is 5.75 Å². The zero-order valence-electron chi connectivity index (χ0n) is 17.3. The van der Waals surface area contributed by atoms with Crippen LogP contribution in [0.15, 0.2) is 41.5 Å². The van der Waals surface area contributed by atoms with Crippen molar-refractivity contribution >= 4 is 29.2 Å². The maximum Gasteiger partial charge on any atom is 0.338 e. The Morgan fingerprint density at radius 2 is 1.97 bits per heavy atom. The van der Waals surface area contributed by atoms with Gasteiger partial charge in [0.2, 0.25) is 5.91 Å². The van der Waals surface area contributed by atoms with Crippen LogP contribution in [-0.4, -0.2) is 36.7 Å². The van der Waals surface area contributed by atoms with Gasteiger partial charge in [0.15, 0.2) is 13.2 Å². The highest BCUT2D eigenvalue weighted by atomic mass is 35.5. The van der Waals surface area contributed by atoms with Gasteiger partial charge in [-0.1, -0.05) is 36.7 Å². The Balaban J connectivity index is 1.70. The predicted molar refractivity (Wildman–Crippen MR) is 112 cm³/mol. The lowest BCUT2D eigenvalue weighted by Gasteiger charge is -2.22. The van der Waals surface area contributed by atoms with Gasteiger partial charge in [-0.25, -0.2) is 14.6 Å². The van der Waals surface area contributed by atoms with E-state index in [-0.39, 0.29) is 51.4 Å². The van der Waals surface area contributed by atoms with E-state index in [9.17, 15) is 22.8 Å². The van der Waals surface area contributed by atoms with Gasteiger partial charge >= 0.3 is 11.9 Å². The Hall–Kier alpha value is -3.07. The molecule has 10 heteroatoms. The van der Waals surface area contributed by atoms with Gasteiger partial charge in [0.05, 0.1) is 16.3 Å². The van der Waals surface area contributed by atoms with Gasteiger partial charge in [-0.15, -0.1) is 0 Å². The zero-order chi connectivity index (χ0) is 23.5. The number of carbonyl (C=O) groups is 2. The first-order valence-corrected chi connectivity index (χ1v) is 10.0. The second kappa shape index (κ2) is 9.60. The molecule has 0 aromatic heterocycles. The molecule has 32 heavy (non-hydrogen) atoms. The molecule has 2 aromatic carbocycles. The fourth-order valence-electron chi connectivity index (χ4n) is 3.13. The molecule has 0 saturated carbocycles. The van der Waals surface area contributed by atoms with E-state index in [1.165, 1.54) is 25.1 Å². The van der Waals surface area contributed by atoms with E-state index in [4.69, 9.17) is 16.3 Å². The van der Waals surface area contributed by atoms with Gasteiger partial charge in [0.25, 0.3) is 0 Å². The van der Waals surface area contributed by atoms with Gasteiger partial charge in [-0.3, -0.25) is 4.79 Å². The number of nitrogens with one attached hydrogen (secondary N) is 1. The van der Waals surface area contributed by atoms with E-state index in [1.54, 1.807) is 25.1 Å². The number of carbonyl (C=O) groups excluding carboxylic acids is 2. The second-order valence-electron chi connectivity index (χ2n) is 7.40. The van der Waals surface area contributed by atoms with E-state index in [1.807, 2.05) is 0 Å². The SMILES string of the molecule is Cc1c(F)c(C2=NNC(=O)CC2C)cc(Cl)c1OCC(F)(F)COC(=O)c1ccccc1. The summed E-state index contributed by atoms with van der Waals surface area (Å²) in [6.07, 6.45) is 0.126. The summed E-state index contributed by atoms with van der Waals surface area (Å²) in [6, 6.07) is 8.93. The maximum atomic E-state index is 15.0. The number of ether oxygens (including phenoxy) is 2. The molecule has 1 amide bonds. The van der Waals surface area contributed by atoms with E-state index < -0.39 is 30.9 Å². The Kier molecular flexibility index (Phi) is 7.08. The first-order chi connectivity index (χ1) is 15.1. The lowest BCUT2D eigenvalue weighted by molar-refractivity contribution is -0.121. The molecule has 0 spiro atoms. The highest BCUT2D eigenvalue weighted by Gasteiger charge is 2.34. The normalized spacial score (nSPS) is 16.2. The van der Waals surface area contributed by atoms with Crippen molar-refractivity contribution in [2.45, 2.75) is 26.2 Å². The Morgan fingerprint density at radius 3 is 2.62 bits per heavy atom. The van der Waals surface area contributed by atoms with Crippen LogP contribution in [0.5, 0.6) is 5.75 Å². The lowest BCUT2D eigenvalue weighted by atomic mass is 9.92.